The molecule has 2 aromatic rings. The van der Waals surface area contributed by atoms with Crippen molar-refractivity contribution in [3.05, 3.63) is 64.1 Å². The first-order valence-corrected chi connectivity index (χ1v) is 9.97. The molecule has 0 saturated heterocycles. The lowest BCUT2D eigenvalue weighted by molar-refractivity contribution is -0.384. The van der Waals surface area contributed by atoms with Crippen molar-refractivity contribution < 1.29 is 18.9 Å². The molecule has 164 valence electrons. The normalized spacial score (nSPS) is 16.2. The summed E-state index contributed by atoms with van der Waals surface area (Å²) in [6.07, 6.45) is 2.26. The predicted molar refractivity (Wildman–Crippen MR) is 114 cm³/mol. The highest BCUT2D eigenvalue weighted by Gasteiger charge is 2.35. The summed E-state index contributed by atoms with van der Waals surface area (Å²) in [6.45, 7) is 5.79. The van der Waals surface area contributed by atoms with Gasteiger partial charge in [0.2, 0.25) is 5.91 Å². The average molecular weight is 426 g/mol. The molecule has 0 saturated carbocycles. The van der Waals surface area contributed by atoms with E-state index in [4.69, 9.17) is 4.42 Å². The second-order valence-electron chi connectivity index (χ2n) is 8.81. The first kappa shape index (κ1) is 22.2. The Balaban J connectivity index is 1.81. The molecule has 1 aromatic heterocycles. The van der Waals surface area contributed by atoms with Gasteiger partial charge in [-0.1, -0.05) is 20.8 Å². The van der Waals surface area contributed by atoms with Crippen molar-refractivity contribution in [2.75, 3.05) is 13.6 Å². The maximum absolute atomic E-state index is 13.0. The van der Waals surface area contributed by atoms with Gasteiger partial charge in [-0.15, -0.1) is 0 Å². The monoisotopic (exact) mass is 426 g/mol. The van der Waals surface area contributed by atoms with Crippen molar-refractivity contribution in [3.63, 3.8) is 0 Å². The number of benzene rings is 1. The van der Waals surface area contributed by atoms with Crippen LogP contribution in [0.4, 0.5) is 5.69 Å². The van der Waals surface area contributed by atoms with Crippen LogP contribution in [0.2, 0.25) is 0 Å². The summed E-state index contributed by atoms with van der Waals surface area (Å²) in [7, 11) is 1.60. The Morgan fingerprint density at radius 1 is 1.26 bits per heavy atom. The van der Waals surface area contributed by atoms with E-state index in [1.54, 1.807) is 31.3 Å². The van der Waals surface area contributed by atoms with Crippen LogP contribution in [0.15, 0.2) is 52.2 Å². The molecule has 2 amide bonds. The molecule has 31 heavy (non-hydrogen) atoms. The lowest BCUT2D eigenvalue weighted by atomic mass is 9.92. The van der Waals surface area contributed by atoms with Crippen LogP contribution in [-0.2, 0) is 9.59 Å². The molecule has 3 rings (SSSR count). The number of carbonyl (C=O) groups excluding carboxylic acids is 2. The van der Waals surface area contributed by atoms with Gasteiger partial charge in [0, 0.05) is 32.0 Å². The molecule has 1 aromatic carbocycles. The summed E-state index contributed by atoms with van der Waals surface area (Å²) in [6, 6.07) is 9.10. The number of non-ortho nitro benzene ring substituents is 1. The average Bonchev–Trinajstić information content (AvgIpc) is 3.36. The number of carbonyl (C=O) groups is 2. The summed E-state index contributed by atoms with van der Waals surface area (Å²) < 4.78 is 5.51. The Hall–Kier alpha value is -3.49. The molecule has 9 nitrogen and oxygen atoms in total. The summed E-state index contributed by atoms with van der Waals surface area (Å²) in [5.74, 6) is 0.134. The molecule has 0 fully saturated rings. The van der Waals surface area contributed by atoms with Gasteiger partial charge in [0.25, 0.3) is 11.6 Å². The Morgan fingerprint density at radius 3 is 2.48 bits per heavy atom. The Labute approximate surface area is 180 Å². The molecule has 0 spiro atoms. The Morgan fingerprint density at radius 2 is 1.94 bits per heavy atom. The van der Waals surface area contributed by atoms with Gasteiger partial charge in [-0.05, 0) is 35.2 Å². The number of nitrogens with zero attached hydrogens (tertiary/aromatic N) is 4. The number of amides is 2. The summed E-state index contributed by atoms with van der Waals surface area (Å²) >= 11 is 0. The Kier molecular flexibility index (Phi) is 6.24. The van der Waals surface area contributed by atoms with Crippen LogP contribution in [0, 0.1) is 15.5 Å². The first-order chi connectivity index (χ1) is 14.5. The van der Waals surface area contributed by atoms with Gasteiger partial charge < -0.3 is 9.32 Å². The van der Waals surface area contributed by atoms with Gasteiger partial charge in [-0.2, -0.15) is 5.10 Å². The second-order valence-corrected chi connectivity index (χ2v) is 8.81. The summed E-state index contributed by atoms with van der Waals surface area (Å²) in [4.78, 5) is 37.3. The van der Waals surface area contributed by atoms with E-state index in [1.807, 2.05) is 20.8 Å². The van der Waals surface area contributed by atoms with Crippen LogP contribution in [0.3, 0.4) is 0 Å². The van der Waals surface area contributed by atoms with Crippen LogP contribution in [-0.4, -0.2) is 46.0 Å². The predicted octanol–water partition coefficient (Wildman–Crippen LogP) is 3.76. The number of likely N-dealkylation sites (N-methyl/N-ethyl adjacent to an activating group) is 1. The van der Waals surface area contributed by atoms with E-state index in [1.165, 1.54) is 28.3 Å². The number of hydrogen-bond donors (Lipinski definition) is 0. The van der Waals surface area contributed by atoms with Crippen molar-refractivity contribution in [2.24, 2.45) is 10.5 Å². The minimum Gasteiger partial charge on any atom is -0.467 e. The smallest absolute Gasteiger partial charge is 0.269 e. The maximum Gasteiger partial charge on any atom is 0.269 e. The largest absolute Gasteiger partial charge is 0.467 e. The van der Waals surface area contributed by atoms with Crippen molar-refractivity contribution in [2.45, 2.75) is 39.7 Å². The van der Waals surface area contributed by atoms with Crippen molar-refractivity contribution in [1.29, 1.82) is 0 Å². The lowest BCUT2D eigenvalue weighted by Crippen LogP contribution is -2.40. The van der Waals surface area contributed by atoms with Gasteiger partial charge in [0.1, 0.15) is 18.3 Å². The molecule has 9 heteroatoms. The Bertz CT molecular complexity index is 990. The molecular weight excluding hydrogens is 400 g/mol. The van der Waals surface area contributed by atoms with E-state index >= 15 is 0 Å². The number of furan rings is 1. The lowest BCUT2D eigenvalue weighted by Gasteiger charge is -2.25. The molecule has 0 unspecified atom stereocenters. The molecule has 0 N–H and O–H groups in total. The van der Waals surface area contributed by atoms with E-state index in [0.717, 1.165) is 0 Å². The van der Waals surface area contributed by atoms with Gasteiger partial charge in [-0.3, -0.25) is 19.7 Å². The fraction of sp³-hybridized carbons (Fsp3) is 0.409. The molecule has 0 bridgehead atoms. The fourth-order valence-corrected chi connectivity index (χ4v) is 3.35. The zero-order chi connectivity index (χ0) is 22.8. The number of nitro benzene ring substituents is 1. The minimum atomic E-state index is -0.466. The topological polar surface area (TPSA) is 109 Å². The van der Waals surface area contributed by atoms with Crippen LogP contribution in [0.25, 0.3) is 0 Å². The van der Waals surface area contributed by atoms with Gasteiger partial charge in [-0.25, -0.2) is 5.01 Å². The molecule has 2 heterocycles. The van der Waals surface area contributed by atoms with Crippen molar-refractivity contribution in [1.82, 2.24) is 9.91 Å². The van der Waals surface area contributed by atoms with E-state index < -0.39 is 11.0 Å². The third kappa shape index (κ3) is 5.36. The zero-order valence-electron chi connectivity index (χ0n) is 18.1. The highest BCUT2D eigenvalue weighted by Crippen LogP contribution is 2.33. The molecule has 1 aliphatic rings. The maximum atomic E-state index is 13.0. The number of hydrogen-bond acceptors (Lipinski definition) is 6. The van der Waals surface area contributed by atoms with E-state index in [0.29, 0.717) is 29.9 Å². The van der Waals surface area contributed by atoms with Gasteiger partial charge in [0.15, 0.2) is 0 Å². The van der Waals surface area contributed by atoms with Crippen LogP contribution in [0.1, 0.15) is 51.0 Å². The zero-order valence-corrected chi connectivity index (χ0v) is 18.1. The number of rotatable bonds is 6. The highest BCUT2D eigenvalue weighted by molar-refractivity contribution is 6.03. The van der Waals surface area contributed by atoms with Crippen LogP contribution in [0.5, 0.6) is 0 Å². The van der Waals surface area contributed by atoms with Crippen LogP contribution >= 0.6 is 0 Å². The summed E-state index contributed by atoms with van der Waals surface area (Å²) in [5, 5.41) is 16.7. The standard InChI is InChI=1S/C22H26N4O5/c1-22(2,3)13-20(27)24(4)14-21(28)25-18(19-6-5-11-31-19)12-17(23-25)15-7-9-16(10-8-15)26(29)30/h5-11,18H,12-14H2,1-4H3/t18-/m1/s1. The molecule has 0 radical (unpaired) electrons. The SMILES string of the molecule is CN(CC(=O)N1N=C(c2ccc([N+](=O)[O-])cc2)C[C@@H]1c1ccco1)C(=O)CC(C)(C)C. The third-order valence-electron chi connectivity index (χ3n) is 4.93. The quantitative estimate of drug-likeness (QED) is 0.516. The van der Waals surface area contributed by atoms with E-state index in [9.17, 15) is 19.7 Å². The van der Waals surface area contributed by atoms with E-state index in [-0.39, 0.29) is 29.5 Å². The van der Waals surface area contributed by atoms with E-state index in [2.05, 4.69) is 5.10 Å². The number of hydrazone groups is 1. The highest BCUT2D eigenvalue weighted by atomic mass is 16.6. The molecule has 0 aliphatic carbocycles. The van der Waals surface area contributed by atoms with Gasteiger partial charge in [0.05, 0.1) is 16.9 Å². The van der Waals surface area contributed by atoms with Crippen LogP contribution < -0.4 is 0 Å². The van der Waals surface area contributed by atoms with Crippen molar-refractivity contribution in [3.8, 4) is 0 Å². The number of nitro groups is 1. The fourth-order valence-electron chi connectivity index (χ4n) is 3.35. The second kappa shape index (κ2) is 8.71. The van der Waals surface area contributed by atoms with Gasteiger partial charge >= 0.3 is 0 Å². The molecule has 1 atom stereocenters. The molecular formula is C22H26N4O5. The summed E-state index contributed by atoms with van der Waals surface area (Å²) in [5.41, 5.74) is 1.11. The third-order valence-corrected chi connectivity index (χ3v) is 4.93. The molecule has 1 aliphatic heterocycles. The van der Waals surface area contributed by atoms with Crippen molar-refractivity contribution >= 4 is 23.2 Å². The minimum absolute atomic E-state index is 0.0168. The first-order valence-electron chi connectivity index (χ1n) is 9.97.